The number of benzene rings is 3. The maximum atomic E-state index is 14.0. The van der Waals surface area contributed by atoms with Crippen molar-refractivity contribution in [1.29, 1.82) is 0 Å². The lowest BCUT2D eigenvalue weighted by Crippen LogP contribution is -2.54. The van der Waals surface area contributed by atoms with Crippen LogP contribution in [0.25, 0.3) is 11.3 Å². The van der Waals surface area contributed by atoms with Gasteiger partial charge >= 0.3 is 12.3 Å². The van der Waals surface area contributed by atoms with Crippen molar-refractivity contribution in [2.75, 3.05) is 11.9 Å². The molecule has 0 saturated carbocycles. The highest BCUT2D eigenvalue weighted by Gasteiger charge is 2.49. The van der Waals surface area contributed by atoms with Crippen molar-refractivity contribution in [1.82, 2.24) is 19.4 Å². The first kappa shape index (κ1) is 31.8. The molecule has 1 amide bonds. The normalized spacial score (nSPS) is 17.3. The van der Waals surface area contributed by atoms with E-state index >= 15 is 0 Å². The second kappa shape index (κ2) is 13.3. The minimum Gasteiger partial charge on any atom is -0.445 e. The fourth-order valence-electron chi connectivity index (χ4n) is 6.34. The molecule has 2 aromatic heterocycles. The molecule has 1 saturated heterocycles. The number of rotatable bonds is 8. The number of anilines is 1. The van der Waals surface area contributed by atoms with Crippen molar-refractivity contribution in [3.8, 4) is 11.3 Å². The number of likely N-dealkylation sites (tertiary alicyclic amines) is 1. The van der Waals surface area contributed by atoms with Crippen LogP contribution in [-0.2, 0) is 30.1 Å². The highest BCUT2D eigenvalue weighted by molar-refractivity contribution is 5.71. The molecule has 47 heavy (non-hydrogen) atoms. The first-order valence-corrected chi connectivity index (χ1v) is 15.6. The predicted octanol–water partition coefficient (Wildman–Crippen LogP) is 8.74. The second-order valence-electron chi connectivity index (χ2n) is 11.9. The molecule has 0 spiro atoms. The van der Waals surface area contributed by atoms with E-state index in [9.17, 15) is 18.0 Å². The molecule has 1 aliphatic heterocycles. The molecule has 1 fully saturated rings. The monoisotopic (exact) mass is 639 g/mol. The lowest BCUT2D eigenvalue weighted by molar-refractivity contribution is -0.137. The summed E-state index contributed by atoms with van der Waals surface area (Å²) in [7, 11) is 1.81. The Balaban J connectivity index is 1.44. The number of alkyl halides is 3. The van der Waals surface area contributed by atoms with Gasteiger partial charge in [-0.2, -0.15) is 13.2 Å². The summed E-state index contributed by atoms with van der Waals surface area (Å²) >= 11 is 0. The van der Waals surface area contributed by atoms with Crippen LogP contribution in [0.1, 0.15) is 60.3 Å². The number of ether oxygens (including phenoxy) is 1. The Hall–Kier alpha value is -5.12. The van der Waals surface area contributed by atoms with E-state index < -0.39 is 23.4 Å². The van der Waals surface area contributed by atoms with Gasteiger partial charge in [0.15, 0.2) is 0 Å². The Kier molecular flexibility index (Phi) is 9.02. The minimum atomic E-state index is -4.49. The topological polar surface area (TPSA) is 72.3 Å². The summed E-state index contributed by atoms with van der Waals surface area (Å²) in [5.41, 5.74) is 1.59. The quantitative estimate of drug-likeness (QED) is 0.184. The second-order valence-corrected chi connectivity index (χ2v) is 11.9. The third-order valence-electron chi connectivity index (χ3n) is 8.69. The first-order valence-electron chi connectivity index (χ1n) is 15.6. The largest absolute Gasteiger partial charge is 0.445 e. The predicted molar refractivity (Wildman–Crippen MR) is 174 cm³/mol. The zero-order valence-electron chi connectivity index (χ0n) is 26.2. The number of piperidine rings is 1. The number of aryl methyl sites for hydroxylation is 1. The number of nitrogens with zero attached hydrogens (tertiary/aromatic N) is 4. The van der Waals surface area contributed by atoms with E-state index in [1.54, 1.807) is 35.0 Å². The molecule has 1 aliphatic rings. The number of pyridine rings is 1. The molecule has 2 atom stereocenters. The van der Waals surface area contributed by atoms with Gasteiger partial charge in [-0.05, 0) is 67.1 Å². The molecule has 5 aromatic rings. The lowest BCUT2D eigenvalue weighted by atomic mass is 9.79. The summed E-state index contributed by atoms with van der Waals surface area (Å²) in [6.07, 6.45) is 0.504. The summed E-state index contributed by atoms with van der Waals surface area (Å²) in [6, 6.07) is 28.4. The number of nitrogens with one attached hydrogen (secondary N) is 1. The Morgan fingerprint density at radius 1 is 0.979 bits per heavy atom. The highest BCUT2D eigenvalue weighted by Crippen LogP contribution is 2.45. The van der Waals surface area contributed by atoms with Gasteiger partial charge in [-0.3, -0.25) is 4.90 Å². The van der Waals surface area contributed by atoms with Crippen LogP contribution < -0.4 is 5.32 Å². The standard InChI is InChI=1S/C37H36F3N5O2/c1-26(28-14-7-4-8-15-28)42-33-23-30(18-20-41-33)36(19-9-10-21-45(36)35(46)47-25-27-12-5-3-6-13-27)34-43-32(24-44(34)2)29-16-11-17-31(22-29)37(38,39)40/h3-8,11-18,20,22-24,26H,9-10,19,21,25H2,1-2H3,(H,41,42). The molecular formula is C37H36F3N5O2. The van der Waals surface area contributed by atoms with Gasteiger partial charge in [-0.15, -0.1) is 0 Å². The van der Waals surface area contributed by atoms with Gasteiger partial charge in [0.2, 0.25) is 0 Å². The highest BCUT2D eigenvalue weighted by atomic mass is 19.4. The number of hydrogen-bond donors (Lipinski definition) is 1. The SMILES string of the molecule is CC(Nc1cc(C2(c3nc(-c4cccc(C(F)(F)F)c4)cn3C)CCCCN2C(=O)OCc2ccccc2)ccn1)c1ccccc1. The molecule has 10 heteroatoms. The molecular weight excluding hydrogens is 603 g/mol. The Labute approximate surface area is 272 Å². The van der Waals surface area contributed by atoms with Crippen LogP contribution in [0.2, 0.25) is 0 Å². The summed E-state index contributed by atoms with van der Waals surface area (Å²) in [4.78, 5) is 25.3. The number of hydrogen-bond acceptors (Lipinski definition) is 5. The van der Waals surface area contributed by atoms with Gasteiger partial charge in [0.25, 0.3) is 0 Å². The lowest BCUT2D eigenvalue weighted by Gasteiger charge is -2.46. The molecule has 0 bridgehead atoms. The van der Waals surface area contributed by atoms with E-state index in [0.29, 0.717) is 35.9 Å². The number of carbonyl (C=O) groups is 1. The van der Waals surface area contributed by atoms with Crippen molar-refractivity contribution in [2.24, 2.45) is 7.05 Å². The Morgan fingerprint density at radius 3 is 2.47 bits per heavy atom. The fraction of sp³-hybridized carbons (Fsp3) is 0.270. The van der Waals surface area contributed by atoms with Crippen molar-refractivity contribution < 1.29 is 22.7 Å². The van der Waals surface area contributed by atoms with Crippen LogP contribution in [0.5, 0.6) is 0 Å². The molecule has 0 radical (unpaired) electrons. The smallest absolute Gasteiger partial charge is 0.416 e. The molecule has 7 nitrogen and oxygen atoms in total. The van der Waals surface area contributed by atoms with Crippen LogP contribution in [0.3, 0.4) is 0 Å². The average Bonchev–Trinajstić information content (AvgIpc) is 3.49. The molecule has 2 unspecified atom stereocenters. The molecule has 3 heterocycles. The minimum absolute atomic E-state index is 0.0473. The fourth-order valence-corrected chi connectivity index (χ4v) is 6.34. The van der Waals surface area contributed by atoms with Crippen molar-refractivity contribution in [3.05, 3.63) is 138 Å². The van der Waals surface area contributed by atoms with Crippen molar-refractivity contribution in [3.63, 3.8) is 0 Å². The van der Waals surface area contributed by atoms with Gasteiger partial charge in [0.05, 0.1) is 11.3 Å². The molecule has 6 rings (SSSR count). The summed E-state index contributed by atoms with van der Waals surface area (Å²) < 4.78 is 48.6. The van der Waals surface area contributed by atoms with Crippen LogP contribution >= 0.6 is 0 Å². The zero-order chi connectivity index (χ0) is 33.0. The number of amides is 1. The van der Waals surface area contributed by atoms with Gasteiger partial charge in [0, 0.05) is 37.6 Å². The van der Waals surface area contributed by atoms with E-state index in [0.717, 1.165) is 41.7 Å². The summed E-state index contributed by atoms with van der Waals surface area (Å²) in [5.74, 6) is 1.14. The van der Waals surface area contributed by atoms with Crippen molar-refractivity contribution in [2.45, 2.75) is 50.6 Å². The molecule has 242 valence electrons. The van der Waals surface area contributed by atoms with Crippen LogP contribution in [-0.4, -0.2) is 32.1 Å². The van der Waals surface area contributed by atoms with Crippen LogP contribution in [0.4, 0.5) is 23.8 Å². The summed E-state index contributed by atoms with van der Waals surface area (Å²) in [5, 5.41) is 3.48. The zero-order valence-corrected chi connectivity index (χ0v) is 26.2. The van der Waals surface area contributed by atoms with Crippen LogP contribution in [0.15, 0.2) is 109 Å². The Morgan fingerprint density at radius 2 is 1.72 bits per heavy atom. The van der Waals surface area contributed by atoms with Gasteiger partial charge in [-0.25, -0.2) is 14.8 Å². The Bertz CT molecular complexity index is 1830. The number of imidazole rings is 1. The molecule has 0 aliphatic carbocycles. The van der Waals surface area contributed by atoms with E-state index in [-0.39, 0.29) is 12.6 Å². The van der Waals surface area contributed by atoms with Gasteiger partial charge in [0.1, 0.15) is 23.8 Å². The van der Waals surface area contributed by atoms with E-state index in [4.69, 9.17) is 9.72 Å². The number of aromatic nitrogens is 3. The summed E-state index contributed by atoms with van der Waals surface area (Å²) in [6.45, 7) is 2.55. The molecule has 3 aromatic carbocycles. The maximum absolute atomic E-state index is 14.0. The third-order valence-corrected chi connectivity index (χ3v) is 8.69. The third kappa shape index (κ3) is 6.72. The van der Waals surface area contributed by atoms with Crippen molar-refractivity contribution >= 4 is 11.9 Å². The number of carbonyl (C=O) groups excluding carboxylic acids is 1. The molecule has 1 N–H and O–H groups in total. The first-order chi connectivity index (χ1) is 22.6. The van der Waals surface area contributed by atoms with E-state index in [1.165, 1.54) is 6.07 Å². The van der Waals surface area contributed by atoms with E-state index in [2.05, 4.69) is 10.3 Å². The van der Waals surface area contributed by atoms with Gasteiger partial charge < -0.3 is 14.6 Å². The average molecular weight is 640 g/mol. The van der Waals surface area contributed by atoms with Crippen LogP contribution in [0, 0.1) is 0 Å². The van der Waals surface area contributed by atoms with E-state index in [1.807, 2.05) is 79.7 Å². The van der Waals surface area contributed by atoms with Gasteiger partial charge in [-0.1, -0.05) is 72.8 Å². The maximum Gasteiger partial charge on any atom is 0.416 e. The number of halogens is 3.